The van der Waals surface area contributed by atoms with Crippen LogP contribution in [0.3, 0.4) is 0 Å². The maximum Gasteiger partial charge on any atom is 0.317 e. The molecular formula is C32H64N4O3. The van der Waals surface area contributed by atoms with Crippen LogP contribution in [-0.4, -0.2) is 80.2 Å². The summed E-state index contributed by atoms with van der Waals surface area (Å²) in [5.41, 5.74) is 0. The molecule has 0 bridgehead atoms. The highest BCUT2D eigenvalue weighted by Gasteiger charge is 2.26. The normalized spacial score (nSPS) is 15.6. The van der Waals surface area contributed by atoms with Gasteiger partial charge in [-0.15, -0.1) is 0 Å². The zero-order chi connectivity index (χ0) is 28.4. The van der Waals surface area contributed by atoms with E-state index in [1.165, 1.54) is 101 Å². The number of hydrogen-bond donors (Lipinski definition) is 1. The van der Waals surface area contributed by atoms with Gasteiger partial charge >= 0.3 is 6.03 Å². The first kappa shape index (κ1) is 35.7. The van der Waals surface area contributed by atoms with Gasteiger partial charge in [0.1, 0.15) is 0 Å². The third kappa shape index (κ3) is 20.2. The summed E-state index contributed by atoms with van der Waals surface area (Å²) < 4.78 is 0. The molecule has 7 heteroatoms. The van der Waals surface area contributed by atoms with Gasteiger partial charge in [0.2, 0.25) is 6.41 Å². The van der Waals surface area contributed by atoms with Crippen LogP contribution >= 0.6 is 0 Å². The first-order chi connectivity index (χ1) is 19.1. The fourth-order valence-corrected chi connectivity index (χ4v) is 5.53. The van der Waals surface area contributed by atoms with Crippen molar-refractivity contribution < 1.29 is 14.4 Å². The number of carbonyl (C=O) groups excluding carboxylic acids is 2. The molecule has 39 heavy (non-hydrogen) atoms. The lowest BCUT2D eigenvalue weighted by Crippen LogP contribution is -2.49. The molecule has 0 spiro atoms. The molecule has 0 aliphatic carbocycles. The Bertz CT molecular complexity index is 576. The molecule has 7 nitrogen and oxygen atoms in total. The molecule has 1 N–H and O–H groups in total. The molecule has 1 fully saturated rings. The molecule has 0 saturated carbocycles. The van der Waals surface area contributed by atoms with Crippen LogP contribution in [0.2, 0.25) is 0 Å². The van der Waals surface area contributed by atoms with Gasteiger partial charge < -0.3 is 15.1 Å². The topological polar surface area (TPSA) is 65.1 Å². The number of carbonyl (C=O) groups is 2. The van der Waals surface area contributed by atoms with Gasteiger partial charge in [-0.3, -0.25) is 9.63 Å². The fourth-order valence-electron chi connectivity index (χ4n) is 5.53. The van der Waals surface area contributed by atoms with Gasteiger partial charge in [-0.2, -0.15) is 0 Å². The number of rotatable bonds is 26. The van der Waals surface area contributed by atoms with Crippen molar-refractivity contribution in [3.63, 3.8) is 0 Å². The second-order valence-corrected chi connectivity index (χ2v) is 11.9. The van der Waals surface area contributed by atoms with Crippen molar-refractivity contribution >= 4 is 12.4 Å². The molecule has 3 amide bonds. The van der Waals surface area contributed by atoms with Gasteiger partial charge in [-0.1, -0.05) is 103 Å². The van der Waals surface area contributed by atoms with Crippen LogP contribution in [-0.2, 0) is 9.63 Å². The largest absolute Gasteiger partial charge is 0.338 e. The highest BCUT2D eigenvalue weighted by Crippen LogP contribution is 2.20. The Morgan fingerprint density at radius 3 is 1.92 bits per heavy atom. The number of unbranched alkanes of at least 4 members (excludes halogenated alkanes) is 15. The number of likely N-dealkylation sites (tertiary alicyclic amines) is 1. The van der Waals surface area contributed by atoms with E-state index in [1.807, 2.05) is 19.0 Å². The van der Waals surface area contributed by atoms with Gasteiger partial charge in [-0.25, -0.2) is 9.86 Å². The van der Waals surface area contributed by atoms with Crippen molar-refractivity contribution in [3.8, 4) is 0 Å². The summed E-state index contributed by atoms with van der Waals surface area (Å²) >= 11 is 0. The number of piperidine rings is 1. The number of nitrogens with one attached hydrogen (secondary N) is 1. The summed E-state index contributed by atoms with van der Waals surface area (Å²) in [6.07, 6.45) is 27.4. The lowest BCUT2D eigenvalue weighted by molar-refractivity contribution is -0.174. The van der Waals surface area contributed by atoms with Gasteiger partial charge in [0.15, 0.2) is 0 Å². The Hall–Kier alpha value is -1.34. The molecule has 0 aromatic heterocycles. The van der Waals surface area contributed by atoms with Crippen LogP contribution in [0.1, 0.15) is 142 Å². The number of hydroxylamine groups is 2. The minimum atomic E-state index is 0.0684. The zero-order valence-electron chi connectivity index (χ0n) is 26.1. The maximum absolute atomic E-state index is 12.8. The number of hydrogen-bond acceptors (Lipinski definition) is 4. The Morgan fingerprint density at radius 1 is 0.821 bits per heavy atom. The molecule has 1 aliphatic heterocycles. The first-order valence-corrected chi connectivity index (χ1v) is 16.6. The van der Waals surface area contributed by atoms with Crippen LogP contribution < -0.4 is 5.32 Å². The summed E-state index contributed by atoms with van der Waals surface area (Å²) in [6, 6.07) is 0.263. The molecule has 1 unspecified atom stereocenters. The van der Waals surface area contributed by atoms with E-state index in [9.17, 15) is 9.59 Å². The van der Waals surface area contributed by atoms with E-state index < -0.39 is 0 Å². The number of urea groups is 1. The smallest absolute Gasteiger partial charge is 0.317 e. The zero-order valence-corrected chi connectivity index (χ0v) is 26.1. The van der Waals surface area contributed by atoms with Gasteiger partial charge in [-0.05, 0) is 59.2 Å². The predicted octanol–water partition coefficient (Wildman–Crippen LogP) is 7.54. The Labute approximate surface area is 241 Å². The van der Waals surface area contributed by atoms with Crippen LogP contribution in [0.4, 0.5) is 4.79 Å². The molecule has 1 rings (SSSR count). The van der Waals surface area contributed by atoms with Crippen molar-refractivity contribution in [3.05, 3.63) is 0 Å². The van der Waals surface area contributed by atoms with Gasteiger partial charge in [0.25, 0.3) is 0 Å². The van der Waals surface area contributed by atoms with Crippen LogP contribution in [0.5, 0.6) is 0 Å². The average Bonchev–Trinajstić information content (AvgIpc) is 2.93. The fraction of sp³-hybridized carbons (Fsp3) is 0.938. The van der Waals surface area contributed by atoms with E-state index in [0.717, 1.165) is 64.6 Å². The summed E-state index contributed by atoms with van der Waals surface area (Å²) in [5, 5.41) is 4.55. The quantitative estimate of drug-likeness (QED) is 0.0684. The lowest BCUT2D eigenvalue weighted by atomic mass is 10.00. The molecule has 1 heterocycles. The average molecular weight is 553 g/mol. The molecule has 1 atom stereocenters. The number of nitrogens with zero attached hydrogens (tertiary/aromatic N) is 3. The van der Waals surface area contributed by atoms with E-state index in [4.69, 9.17) is 4.84 Å². The second kappa shape index (κ2) is 25.6. The Kier molecular flexibility index (Phi) is 23.4. The monoisotopic (exact) mass is 552 g/mol. The Balaban J connectivity index is 2.02. The minimum Gasteiger partial charge on any atom is -0.338 e. The van der Waals surface area contributed by atoms with Crippen molar-refractivity contribution in [2.24, 2.45) is 0 Å². The summed E-state index contributed by atoms with van der Waals surface area (Å²) in [7, 11) is 4.05. The molecule has 230 valence electrons. The van der Waals surface area contributed by atoms with Crippen molar-refractivity contribution in [2.75, 3.05) is 46.9 Å². The van der Waals surface area contributed by atoms with Gasteiger partial charge in [0, 0.05) is 25.7 Å². The van der Waals surface area contributed by atoms with Crippen molar-refractivity contribution in [1.82, 2.24) is 20.2 Å². The molecule has 1 saturated heterocycles. The minimum absolute atomic E-state index is 0.0684. The van der Waals surface area contributed by atoms with E-state index in [2.05, 4.69) is 17.1 Å². The molecule has 0 aromatic carbocycles. The SMILES string of the molecule is CCCCCCCCCCCCCCCCCCNC(=O)N1CCCCC1CCON(C=O)CCCN(C)C. The van der Waals surface area contributed by atoms with Crippen LogP contribution in [0, 0.1) is 0 Å². The maximum atomic E-state index is 12.8. The molecule has 1 aliphatic rings. The summed E-state index contributed by atoms with van der Waals surface area (Å²) in [6.45, 7) is 5.84. The summed E-state index contributed by atoms with van der Waals surface area (Å²) in [4.78, 5) is 33.9. The predicted molar refractivity (Wildman–Crippen MR) is 164 cm³/mol. The highest BCUT2D eigenvalue weighted by atomic mass is 16.7. The second-order valence-electron chi connectivity index (χ2n) is 11.9. The Morgan fingerprint density at radius 2 is 1.38 bits per heavy atom. The van der Waals surface area contributed by atoms with E-state index in [-0.39, 0.29) is 12.1 Å². The van der Waals surface area contributed by atoms with Crippen LogP contribution in [0.15, 0.2) is 0 Å². The summed E-state index contributed by atoms with van der Waals surface area (Å²) in [5.74, 6) is 0. The van der Waals surface area contributed by atoms with E-state index in [0.29, 0.717) is 13.2 Å². The van der Waals surface area contributed by atoms with Crippen molar-refractivity contribution in [1.29, 1.82) is 0 Å². The molecule has 0 aromatic rings. The van der Waals surface area contributed by atoms with E-state index >= 15 is 0 Å². The molecular weight excluding hydrogens is 488 g/mol. The van der Waals surface area contributed by atoms with Gasteiger partial charge in [0.05, 0.1) is 6.61 Å². The van der Waals surface area contributed by atoms with Crippen LogP contribution in [0.25, 0.3) is 0 Å². The van der Waals surface area contributed by atoms with Crippen molar-refractivity contribution in [2.45, 2.75) is 148 Å². The van der Waals surface area contributed by atoms with E-state index in [1.54, 1.807) is 0 Å². The number of amides is 3. The molecule has 0 radical (unpaired) electrons. The third-order valence-corrected chi connectivity index (χ3v) is 8.00. The third-order valence-electron chi connectivity index (χ3n) is 8.00. The standard InChI is InChI=1S/C32H64N4O3/c1-4-5-6-7-8-9-10-11-12-13-14-15-16-17-18-20-25-33-32(38)36-28-21-19-23-31(36)24-29-39-35(30-37)27-22-26-34(2)3/h30-31H,4-29H2,1-3H3,(H,33,38). The first-order valence-electron chi connectivity index (χ1n) is 16.6. The highest BCUT2D eigenvalue weighted by molar-refractivity contribution is 5.74. The lowest BCUT2D eigenvalue weighted by Gasteiger charge is -2.36.